The molecule has 2 aromatic rings. The summed E-state index contributed by atoms with van der Waals surface area (Å²) in [6.07, 6.45) is 2.32. The number of ether oxygens (including phenoxy) is 1. The fourth-order valence-corrected chi connectivity index (χ4v) is 2.38. The van der Waals surface area contributed by atoms with Crippen molar-refractivity contribution in [1.82, 2.24) is 14.9 Å². The van der Waals surface area contributed by atoms with Crippen molar-refractivity contribution in [3.05, 3.63) is 30.5 Å². The molecule has 1 saturated heterocycles. The number of methoxy groups -OCH3 is 1. The van der Waals surface area contributed by atoms with Crippen LogP contribution in [0.1, 0.15) is 0 Å². The summed E-state index contributed by atoms with van der Waals surface area (Å²) in [6, 6.07) is 7.34. The third-order valence-corrected chi connectivity index (χ3v) is 3.77. The second-order valence-corrected chi connectivity index (χ2v) is 5.44. The summed E-state index contributed by atoms with van der Waals surface area (Å²) >= 11 is 0. The molecule has 2 heterocycles. The highest BCUT2D eigenvalue weighted by molar-refractivity contribution is 5.70. The molecule has 0 unspecified atom stereocenters. The summed E-state index contributed by atoms with van der Waals surface area (Å²) in [5.41, 5.74) is 7.02. The third-order valence-electron chi connectivity index (χ3n) is 3.77. The Bertz CT molecular complexity index is 716. The molecule has 5 N–H and O–H groups in total. The Morgan fingerprint density at radius 1 is 1.38 bits per heavy atom. The summed E-state index contributed by atoms with van der Waals surface area (Å²) in [5.74, 6) is 7.68. The number of carbonyl (C=O) groups is 1. The predicted octanol–water partition coefficient (Wildman–Crippen LogP) is 0.332. The first-order valence-electron chi connectivity index (χ1n) is 7.38. The van der Waals surface area contributed by atoms with Crippen LogP contribution in [-0.2, 0) is 4.79 Å². The molecule has 0 spiro atoms. The van der Waals surface area contributed by atoms with E-state index in [1.54, 1.807) is 36.3 Å². The second kappa shape index (κ2) is 6.59. The minimum atomic E-state index is 0.124. The van der Waals surface area contributed by atoms with Gasteiger partial charge in [-0.3, -0.25) is 9.80 Å². The number of hydrogen-bond acceptors (Lipinski definition) is 8. The van der Waals surface area contributed by atoms with Crippen LogP contribution in [-0.4, -0.2) is 47.5 Å². The van der Waals surface area contributed by atoms with Gasteiger partial charge >= 0.3 is 0 Å². The van der Waals surface area contributed by atoms with Crippen molar-refractivity contribution in [3.63, 3.8) is 0 Å². The zero-order chi connectivity index (χ0) is 17.1. The number of carbonyl (C=O) groups excluding carboxylic acids is 1. The lowest BCUT2D eigenvalue weighted by atomic mass is 10.1. The van der Waals surface area contributed by atoms with Gasteiger partial charge in [0.2, 0.25) is 12.4 Å². The maximum absolute atomic E-state index is 10.6. The number of anilines is 4. The molecular weight excluding hydrogens is 310 g/mol. The van der Waals surface area contributed by atoms with Crippen LogP contribution in [0.5, 0.6) is 5.75 Å². The molecule has 0 aliphatic carbocycles. The number of hydrazine groups is 1. The Morgan fingerprint density at radius 2 is 2.08 bits per heavy atom. The van der Waals surface area contributed by atoms with Crippen LogP contribution in [0.25, 0.3) is 0 Å². The zero-order valence-electron chi connectivity index (χ0n) is 13.2. The van der Waals surface area contributed by atoms with Gasteiger partial charge in [0.25, 0.3) is 0 Å². The summed E-state index contributed by atoms with van der Waals surface area (Å²) < 4.78 is 5.13. The van der Waals surface area contributed by atoms with Gasteiger partial charge in [0.15, 0.2) is 5.82 Å². The van der Waals surface area contributed by atoms with E-state index in [-0.39, 0.29) is 6.04 Å². The van der Waals surface area contributed by atoms with Gasteiger partial charge in [-0.15, -0.1) is 0 Å². The second-order valence-electron chi connectivity index (χ2n) is 5.44. The van der Waals surface area contributed by atoms with E-state index in [1.165, 1.54) is 11.2 Å². The smallest absolute Gasteiger partial charge is 0.225 e. The van der Waals surface area contributed by atoms with Crippen LogP contribution >= 0.6 is 0 Å². The van der Waals surface area contributed by atoms with Gasteiger partial charge in [0.05, 0.1) is 30.7 Å². The normalized spacial score (nSPS) is 14.0. The highest BCUT2D eigenvalue weighted by Crippen LogP contribution is 2.27. The summed E-state index contributed by atoms with van der Waals surface area (Å²) in [7, 11) is 1.60. The number of nitrogens with zero attached hydrogens (tertiary/aromatic N) is 4. The molecule has 1 aliphatic heterocycles. The van der Waals surface area contributed by atoms with Crippen LogP contribution in [0.2, 0.25) is 0 Å². The first kappa shape index (κ1) is 15.8. The van der Waals surface area contributed by atoms with E-state index in [1.807, 2.05) is 0 Å². The van der Waals surface area contributed by atoms with Crippen LogP contribution in [0, 0.1) is 0 Å². The Labute approximate surface area is 139 Å². The van der Waals surface area contributed by atoms with E-state index in [2.05, 4.69) is 15.3 Å². The molecule has 9 heteroatoms. The Morgan fingerprint density at radius 3 is 2.71 bits per heavy atom. The van der Waals surface area contributed by atoms with Gasteiger partial charge in [0, 0.05) is 13.1 Å². The van der Waals surface area contributed by atoms with Gasteiger partial charge in [-0.2, -0.15) is 4.98 Å². The van der Waals surface area contributed by atoms with Crippen molar-refractivity contribution >= 4 is 29.6 Å². The number of nitrogens with two attached hydrogens (primary N) is 2. The fraction of sp³-hybridized carbons (Fsp3) is 0.267. The van der Waals surface area contributed by atoms with Crippen molar-refractivity contribution in [1.29, 1.82) is 0 Å². The maximum Gasteiger partial charge on any atom is 0.225 e. The first-order chi connectivity index (χ1) is 11.6. The minimum Gasteiger partial charge on any atom is -0.497 e. The van der Waals surface area contributed by atoms with Crippen LogP contribution in [0.15, 0.2) is 30.5 Å². The highest BCUT2D eigenvalue weighted by atomic mass is 16.5. The lowest BCUT2D eigenvalue weighted by molar-refractivity contribution is -0.121. The Hall–Kier alpha value is -3.07. The van der Waals surface area contributed by atoms with E-state index < -0.39 is 0 Å². The molecule has 24 heavy (non-hydrogen) atoms. The number of nitrogens with one attached hydrogen (secondary N) is 1. The summed E-state index contributed by atoms with van der Waals surface area (Å²) in [6.45, 7) is 1.24. The third kappa shape index (κ3) is 3.15. The quantitative estimate of drug-likeness (QED) is 0.394. The molecule has 0 radical (unpaired) electrons. The molecule has 0 bridgehead atoms. The number of nitrogen functional groups attached to an aromatic ring is 1. The average Bonchev–Trinajstić information content (AvgIpc) is 2.58. The molecule has 0 saturated carbocycles. The molecule has 1 aliphatic rings. The molecule has 3 rings (SSSR count). The topological polar surface area (TPSA) is 123 Å². The SMILES string of the molecule is COc1ccc(N(N)c2nc(NC3CN(C=O)C3)ncc2N)cc1. The molecule has 126 valence electrons. The summed E-state index contributed by atoms with van der Waals surface area (Å²) in [4.78, 5) is 20.8. The van der Waals surface area contributed by atoms with Crippen molar-refractivity contribution in [2.45, 2.75) is 6.04 Å². The van der Waals surface area contributed by atoms with Gasteiger partial charge < -0.3 is 20.7 Å². The van der Waals surface area contributed by atoms with Gasteiger partial charge in [-0.25, -0.2) is 10.8 Å². The van der Waals surface area contributed by atoms with Crippen molar-refractivity contribution in [2.24, 2.45) is 5.84 Å². The van der Waals surface area contributed by atoms with Crippen LogP contribution in [0.4, 0.5) is 23.1 Å². The molecule has 1 aromatic carbocycles. The molecular formula is C15H19N7O2. The number of likely N-dealkylation sites (tertiary alicyclic amines) is 1. The van der Waals surface area contributed by atoms with E-state index in [0.29, 0.717) is 36.2 Å². The lowest BCUT2D eigenvalue weighted by Gasteiger charge is -2.36. The van der Waals surface area contributed by atoms with E-state index >= 15 is 0 Å². The van der Waals surface area contributed by atoms with Crippen LogP contribution < -0.4 is 26.6 Å². The maximum atomic E-state index is 10.6. The molecule has 9 nitrogen and oxygen atoms in total. The number of aromatic nitrogens is 2. The summed E-state index contributed by atoms with van der Waals surface area (Å²) in [5, 5.41) is 4.54. The molecule has 1 fully saturated rings. The standard InChI is InChI=1S/C15H19N7O2/c1-24-12-4-2-11(3-5-12)22(17)14-13(16)6-18-15(20-14)19-10-7-21(8-10)9-23/h2-6,9-10H,7-8,16-17H2,1H3,(H,18,19,20). The molecule has 1 aromatic heterocycles. The van der Waals surface area contributed by atoms with Crippen molar-refractivity contribution in [2.75, 3.05) is 36.3 Å². The van der Waals surface area contributed by atoms with E-state index in [0.717, 1.165) is 12.2 Å². The Kier molecular flexibility index (Phi) is 4.34. The number of hydrogen-bond donors (Lipinski definition) is 3. The number of benzene rings is 1. The molecule has 0 atom stereocenters. The highest BCUT2D eigenvalue weighted by Gasteiger charge is 2.26. The Balaban J connectivity index is 1.76. The minimum absolute atomic E-state index is 0.124. The zero-order valence-corrected chi connectivity index (χ0v) is 13.2. The van der Waals surface area contributed by atoms with E-state index in [9.17, 15) is 4.79 Å². The van der Waals surface area contributed by atoms with E-state index in [4.69, 9.17) is 16.3 Å². The average molecular weight is 329 g/mol. The number of rotatable bonds is 6. The van der Waals surface area contributed by atoms with Crippen LogP contribution in [0.3, 0.4) is 0 Å². The fourth-order valence-electron chi connectivity index (χ4n) is 2.38. The lowest BCUT2D eigenvalue weighted by Crippen LogP contribution is -2.54. The largest absolute Gasteiger partial charge is 0.497 e. The number of amides is 1. The monoisotopic (exact) mass is 329 g/mol. The molecule has 1 amide bonds. The first-order valence-corrected chi connectivity index (χ1v) is 7.38. The van der Waals surface area contributed by atoms with Gasteiger partial charge in [-0.05, 0) is 24.3 Å². The van der Waals surface area contributed by atoms with Crippen molar-refractivity contribution < 1.29 is 9.53 Å². The predicted molar refractivity (Wildman–Crippen MR) is 90.8 cm³/mol. The van der Waals surface area contributed by atoms with Gasteiger partial charge in [-0.1, -0.05) is 0 Å². The van der Waals surface area contributed by atoms with Gasteiger partial charge in [0.1, 0.15) is 5.75 Å². The van der Waals surface area contributed by atoms with Crippen molar-refractivity contribution in [3.8, 4) is 5.75 Å².